The Morgan fingerprint density at radius 3 is 2.26 bits per heavy atom. The number of nitrogens with zero attached hydrogens (tertiary/aromatic N) is 1. The normalized spacial score (nSPS) is 15.3. The van der Waals surface area contributed by atoms with Gasteiger partial charge in [-0.1, -0.05) is 32.0 Å². The van der Waals surface area contributed by atoms with Gasteiger partial charge in [0.05, 0.1) is 13.2 Å². The van der Waals surface area contributed by atoms with Gasteiger partial charge in [-0.25, -0.2) is 0 Å². The highest BCUT2D eigenvalue weighted by Crippen LogP contribution is 2.15. The zero-order valence-electron chi connectivity index (χ0n) is 20.8. The van der Waals surface area contributed by atoms with Crippen LogP contribution in [0.1, 0.15) is 44.0 Å². The van der Waals surface area contributed by atoms with E-state index >= 15 is 0 Å². The van der Waals surface area contributed by atoms with Crippen molar-refractivity contribution in [3.63, 3.8) is 0 Å². The van der Waals surface area contributed by atoms with Crippen molar-refractivity contribution in [1.29, 1.82) is 0 Å². The number of anilines is 1. The number of carbonyl (C=O) groups excluding carboxylic acids is 3. The molecule has 3 N–H and O–H groups in total. The Morgan fingerprint density at radius 1 is 1.00 bits per heavy atom. The highest BCUT2D eigenvalue weighted by Gasteiger charge is 2.28. The molecule has 1 aliphatic rings. The van der Waals surface area contributed by atoms with Gasteiger partial charge in [0.1, 0.15) is 11.8 Å². The van der Waals surface area contributed by atoms with Crippen LogP contribution in [0.2, 0.25) is 0 Å². The number of para-hydroxylation sites is 1. The fourth-order valence-corrected chi connectivity index (χ4v) is 4.08. The number of ether oxygens (including phenoxy) is 1. The van der Waals surface area contributed by atoms with Gasteiger partial charge in [0.2, 0.25) is 11.8 Å². The van der Waals surface area contributed by atoms with Crippen molar-refractivity contribution in [2.45, 2.75) is 45.7 Å². The molecule has 35 heavy (non-hydrogen) atoms. The molecular formula is C27H36N4O4. The second-order valence-electron chi connectivity index (χ2n) is 9.13. The van der Waals surface area contributed by atoms with Crippen molar-refractivity contribution in [2.75, 3.05) is 31.6 Å². The summed E-state index contributed by atoms with van der Waals surface area (Å²) in [4.78, 5) is 40.1. The molecule has 0 saturated carbocycles. The number of piperidine rings is 1. The van der Waals surface area contributed by atoms with E-state index in [1.165, 1.54) is 0 Å². The number of nitrogens with one attached hydrogen (secondary N) is 3. The molecule has 0 spiro atoms. The van der Waals surface area contributed by atoms with Crippen LogP contribution in [0.4, 0.5) is 5.69 Å². The molecule has 0 aliphatic carbocycles. The van der Waals surface area contributed by atoms with Gasteiger partial charge in [-0.05, 0) is 62.1 Å². The fourth-order valence-electron chi connectivity index (χ4n) is 4.08. The summed E-state index contributed by atoms with van der Waals surface area (Å²) < 4.78 is 5.42. The minimum Gasteiger partial charge on any atom is -0.494 e. The predicted octanol–water partition coefficient (Wildman–Crippen LogP) is 3.06. The van der Waals surface area contributed by atoms with Crippen LogP contribution in [0.25, 0.3) is 0 Å². The molecule has 1 aliphatic heterocycles. The molecule has 8 heteroatoms. The predicted molar refractivity (Wildman–Crippen MR) is 136 cm³/mol. The second-order valence-corrected chi connectivity index (χ2v) is 9.13. The molecule has 0 bridgehead atoms. The van der Waals surface area contributed by atoms with E-state index in [0.29, 0.717) is 24.5 Å². The lowest BCUT2D eigenvalue weighted by atomic mass is 10.00. The molecule has 3 rings (SSSR count). The molecule has 8 nitrogen and oxygen atoms in total. The third-order valence-electron chi connectivity index (χ3n) is 6.02. The minimum absolute atomic E-state index is 0.0135. The minimum atomic E-state index is -0.635. The van der Waals surface area contributed by atoms with Gasteiger partial charge in [0.25, 0.3) is 5.91 Å². The van der Waals surface area contributed by atoms with Gasteiger partial charge in [-0.3, -0.25) is 19.3 Å². The highest BCUT2D eigenvalue weighted by atomic mass is 16.5. The molecule has 1 atom stereocenters. The third-order valence-corrected chi connectivity index (χ3v) is 6.02. The molecule has 1 fully saturated rings. The number of hydrogen-bond acceptors (Lipinski definition) is 5. The molecule has 1 unspecified atom stereocenters. The summed E-state index contributed by atoms with van der Waals surface area (Å²) in [6, 6.07) is 15.7. The summed E-state index contributed by atoms with van der Waals surface area (Å²) in [6.07, 6.45) is 1.50. The van der Waals surface area contributed by atoms with Crippen molar-refractivity contribution in [3.8, 4) is 5.75 Å². The summed E-state index contributed by atoms with van der Waals surface area (Å²) in [7, 11) is 0. The largest absolute Gasteiger partial charge is 0.494 e. The molecule has 0 radical (unpaired) electrons. The van der Waals surface area contributed by atoms with Crippen molar-refractivity contribution < 1.29 is 19.1 Å². The van der Waals surface area contributed by atoms with E-state index in [-0.39, 0.29) is 29.7 Å². The van der Waals surface area contributed by atoms with Crippen LogP contribution in [-0.4, -0.2) is 60.9 Å². The standard InChI is InChI=1S/C27H36N4O4/c1-4-35-23-12-10-20(11-13-23)26(33)30-25(19(2)3)27(34)29-22-14-16-31(17-15-22)18-24(32)28-21-8-6-5-7-9-21/h5-13,19,22,25H,4,14-18H2,1-3H3,(H,28,32)(H,29,34)(H,30,33). The van der Waals surface area contributed by atoms with Crippen molar-refractivity contribution >= 4 is 23.4 Å². The average molecular weight is 481 g/mol. The Labute approximate surface area is 207 Å². The Morgan fingerprint density at radius 2 is 1.66 bits per heavy atom. The van der Waals surface area contributed by atoms with Gasteiger partial charge in [0.15, 0.2) is 0 Å². The van der Waals surface area contributed by atoms with Crippen LogP contribution in [0, 0.1) is 5.92 Å². The molecular weight excluding hydrogens is 444 g/mol. The topological polar surface area (TPSA) is 99.8 Å². The van der Waals surface area contributed by atoms with E-state index < -0.39 is 6.04 Å². The molecule has 3 amide bonds. The van der Waals surface area contributed by atoms with Crippen LogP contribution < -0.4 is 20.7 Å². The van der Waals surface area contributed by atoms with Gasteiger partial charge in [-0.2, -0.15) is 0 Å². The number of rotatable bonds is 10. The molecule has 1 heterocycles. The van der Waals surface area contributed by atoms with Gasteiger partial charge < -0.3 is 20.7 Å². The quantitative estimate of drug-likeness (QED) is 0.485. The Balaban J connectivity index is 1.46. The second kappa shape index (κ2) is 12.9. The number of carbonyl (C=O) groups is 3. The van der Waals surface area contributed by atoms with Gasteiger partial charge in [0, 0.05) is 30.4 Å². The Hall–Kier alpha value is -3.39. The van der Waals surface area contributed by atoms with Crippen molar-refractivity contribution in [2.24, 2.45) is 5.92 Å². The first-order valence-corrected chi connectivity index (χ1v) is 12.3. The summed E-state index contributed by atoms with van der Waals surface area (Å²) in [6.45, 7) is 8.05. The average Bonchev–Trinajstić information content (AvgIpc) is 2.84. The zero-order valence-corrected chi connectivity index (χ0v) is 20.8. The maximum absolute atomic E-state index is 13.0. The van der Waals surface area contributed by atoms with Gasteiger partial charge >= 0.3 is 0 Å². The van der Waals surface area contributed by atoms with Crippen LogP contribution in [0.3, 0.4) is 0 Å². The van der Waals surface area contributed by atoms with Crippen LogP contribution in [-0.2, 0) is 9.59 Å². The highest BCUT2D eigenvalue weighted by molar-refractivity contribution is 5.97. The molecule has 2 aromatic carbocycles. The zero-order chi connectivity index (χ0) is 25.2. The molecule has 1 saturated heterocycles. The smallest absolute Gasteiger partial charge is 0.251 e. The lowest BCUT2D eigenvalue weighted by Crippen LogP contribution is -2.54. The SMILES string of the molecule is CCOc1ccc(C(=O)NC(C(=O)NC2CCN(CC(=O)Nc3ccccc3)CC2)C(C)C)cc1. The van der Waals surface area contributed by atoms with E-state index in [4.69, 9.17) is 4.74 Å². The summed E-state index contributed by atoms with van der Waals surface area (Å²) in [5.41, 5.74) is 1.26. The van der Waals surface area contributed by atoms with E-state index in [2.05, 4.69) is 20.9 Å². The Kier molecular flexibility index (Phi) is 9.66. The van der Waals surface area contributed by atoms with Crippen molar-refractivity contribution in [1.82, 2.24) is 15.5 Å². The molecule has 2 aromatic rings. The van der Waals surface area contributed by atoms with Crippen LogP contribution in [0.15, 0.2) is 54.6 Å². The fraction of sp³-hybridized carbons (Fsp3) is 0.444. The monoisotopic (exact) mass is 480 g/mol. The van der Waals surface area contributed by atoms with E-state index in [9.17, 15) is 14.4 Å². The summed E-state index contributed by atoms with van der Waals surface area (Å²) in [5.74, 6) is 0.116. The maximum Gasteiger partial charge on any atom is 0.251 e. The first-order chi connectivity index (χ1) is 16.9. The van der Waals surface area contributed by atoms with Crippen molar-refractivity contribution in [3.05, 3.63) is 60.2 Å². The first-order valence-electron chi connectivity index (χ1n) is 12.3. The maximum atomic E-state index is 13.0. The lowest BCUT2D eigenvalue weighted by molar-refractivity contribution is -0.125. The molecule has 0 aromatic heterocycles. The number of benzene rings is 2. The summed E-state index contributed by atoms with van der Waals surface area (Å²) in [5, 5.41) is 8.88. The number of likely N-dealkylation sites (tertiary alicyclic amines) is 1. The lowest BCUT2D eigenvalue weighted by Gasteiger charge is -2.33. The third kappa shape index (κ3) is 8.10. The molecule has 188 valence electrons. The van der Waals surface area contributed by atoms with E-state index in [0.717, 1.165) is 31.6 Å². The first kappa shape index (κ1) is 26.2. The van der Waals surface area contributed by atoms with E-state index in [1.807, 2.05) is 51.1 Å². The summed E-state index contributed by atoms with van der Waals surface area (Å²) >= 11 is 0. The van der Waals surface area contributed by atoms with Gasteiger partial charge in [-0.15, -0.1) is 0 Å². The van der Waals surface area contributed by atoms with Crippen LogP contribution in [0.5, 0.6) is 5.75 Å². The number of amides is 3. The number of hydrogen-bond donors (Lipinski definition) is 3. The van der Waals surface area contributed by atoms with Crippen LogP contribution >= 0.6 is 0 Å². The Bertz CT molecular complexity index is 970. The van der Waals surface area contributed by atoms with E-state index in [1.54, 1.807) is 24.3 Å².